The van der Waals surface area contributed by atoms with Crippen LogP contribution in [0.5, 0.6) is 0 Å². The third kappa shape index (κ3) is 7.46. The number of piperidine rings is 1. The lowest BCUT2D eigenvalue weighted by atomic mass is 9.98. The molecule has 0 aromatic rings. The third-order valence-corrected chi connectivity index (χ3v) is 5.65. The topological polar surface area (TPSA) is 49.4 Å². The van der Waals surface area contributed by atoms with E-state index in [1.165, 1.54) is 4.31 Å². The van der Waals surface area contributed by atoms with Gasteiger partial charge in [0.1, 0.15) is 0 Å². The summed E-state index contributed by atoms with van der Waals surface area (Å²) in [6.07, 6.45) is -3.07. The highest BCUT2D eigenvalue weighted by atomic mass is 32.2. The van der Waals surface area contributed by atoms with Gasteiger partial charge in [-0.05, 0) is 44.7 Å². The van der Waals surface area contributed by atoms with Crippen molar-refractivity contribution in [3.05, 3.63) is 0 Å². The van der Waals surface area contributed by atoms with E-state index in [1.54, 1.807) is 0 Å². The van der Waals surface area contributed by atoms with Gasteiger partial charge in [0.05, 0.1) is 5.75 Å². The molecule has 0 aromatic heterocycles. The SMILES string of the molecule is CCCNCC1CCN(S(=O)(=O)CCCC(F)(F)F)CC1. The number of nitrogens with one attached hydrogen (secondary N) is 1. The fourth-order valence-corrected chi connectivity index (χ4v) is 3.99. The van der Waals surface area contributed by atoms with Gasteiger partial charge in [-0.2, -0.15) is 13.2 Å². The van der Waals surface area contributed by atoms with Gasteiger partial charge in [-0.3, -0.25) is 0 Å². The quantitative estimate of drug-likeness (QED) is 0.695. The fraction of sp³-hybridized carbons (Fsp3) is 1.00. The maximum absolute atomic E-state index is 12.1. The van der Waals surface area contributed by atoms with Gasteiger partial charge in [0.2, 0.25) is 10.0 Å². The lowest BCUT2D eigenvalue weighted by Gasteiger charge is -2.31. The zero-order valence-electron chi connectivity index (χ0n) is 12.5. The molecule has 4 nitrogen and oxygen atoms in total. The van der Waals surface area contributed by atoms with Crippen LogP contribution in [0.1, 0.15) is 39.0 Å². The smallest absolute Gasteiger partial charge is 0.316 e. The lowest BCUT2D eigenvalue weighted by Crippen LogP contribution is -2.41. The molecule has 0 atom stereocenters. The van der Waals surface area contributed by atoms with Gasteiger partial charge in [-0.15, -0.1) is 0 Å². The zero-order chi connectivity index (χ0) is 15.9. The minimum Gasteiger partial charge on any atom is -0.316 e. The Labute approximate surface area is 125 Å². The lowest BCUT2D eigenvalue weighted by molar-refractivity contribution is -0.134. The Bertz CT molecular complexity index is 391. The van der Waals surface area contributed by atoms with Crippen molar-refractivity contribution in [2.24, 2.45) is 5.92 Å². The van der Waals surface area contributed by atoms with E-state index in [2.05, 4.69) is 12.2 Å². The Morgan fingerprint density at radius 1 is 1.24 bits per heavy atom. The molecule has 0 amide bonds. The van der Waals surface area contributed by atoms with Crippen molar-refractivity contribution in [2.45, 2.75) is 45.2 Å². The second-order valence-corrected chi connectivity index (χ2v) is 7.67. The van der Waals surface area contributed by atoms with Gasteiger partial charge < -0.3 is 5.32 Å². The van der Waals surface area contributed by atoms with Crippen molar-refractivity contribution < 1.29 is 21.6 Å². The standard InChI is InChI=1S/C13H25F3N2O2S/c1-2-7-17-11-12-4-8-18(9-5-12)21(19,20)10-3-6-13(14,15)16/h12,17H,2-11H2,1H3. The van der Waals surface area contributed by atoms with E-state index in [-0.39, 0.29) is 6.42 Å². The molecule has 0 saturated carbocycles. The van der Waals surface area contributed by atoms with Gasteiger partial charge >= 0.3 is 6.18 Å². The maximum Gasteiger partial charge on any atom is 0.389 e. The molecule has 0 bridgehead atoms. The summed E-state index contributed by atoms with van der Waals surface area (Å²) in [5.41, 5.74) is 0. The van der Waals surface area contributed by atoms with Gasteiger partial charge in [0.15, 0.2) is 0 Å². The molecular formula is C13H25F3N2O2S. The molecule has 1 heterocycles. The Morgan fingerprint density at radius 3 is 2.38 bits per heavy atom. The minimum atomic E-state index is -4.28. The molecule has 0 radical (unpaired) electrons. The van der Waals surface area contributed by atoms with E-state index in [0.29, 0.717) is 19.0 Å². The van der Waals surface area contributed by atoms with Crippen LogP contribution in [0.15, 0.2) is 0 Å². The normalized spacial score (nSPS) is 19.0. The number of halogens is 3. The van der Waals surface area contributed by atoms with E-state index < -0.39 is 28.4 Å². The second kappa shape index (κ2) is 8.33. The van der Waals surface area contributed by atoms with Crippen LogP contribution < -0.4 is 5.32 Å². The fourth-order valence-electron chi connectivity index (χ4n) is 2.46. The molecule has 0 spiro atoms. The molecule has 8 heteroatoms. The number of hydrogen-bond acceptors (Lipinski definition) is 3. The Morgan fingerprint density at radius 2 is 1.86 bits per heavy atom. The highest BCUT2D eigenvalue weighted by molar-refractivity contribution is 7.89. The van der Waals surface area contributed by atoms with Crippen molar-refractivity contribution in [2.75, 3.05) is 31.9 Å². The van der Waals surface area contributed by atoms with Crippen molar-refractivity contribution in [3.8, 4) is 0 Å². The molecule has 1 saturated heterocycles. The molecular weight excluding hydrogens is 305 g/mol. The van der Waals surface area contributed by atoms with Crippen LogP contribution in [0.25, 0.3) is 0 Å². The minimum absolute atomic E-state index is 0.357. The average Bonchev–Trinajstić information content (AvgIpc) is 2.38. The number of nitrogens with zero attached hydrogens (tertiary/aromatic N) is 1. The summed E-state index contributed by atoms with van der Waals surface area (Å²) in [7, 11) is -3.54. The maximum atomic E-state index is 12.1. The highest BCUT2D eigenvalue weighted by Crippen LogP contribution is 2.23. The molecule has 1 aliphatic rings. The van der Waals surface area contributed by atoms with Gasteiger partial charge in [0, 0.05) is 19.5 Å². The number of alkyl halides is 3. The third-order valence-electron chi connectivity index (χ3n) is 3.69. The molecule has 0 aliphatic carbocycles. The van der Waals surface area contributed by atoms with Crippen molar-refractivity contribution in [1.82, 2.24) is 9.62 Å². The number of rotatable bonds is 8. The molecule has 126 valence electrons. The summed E-state index contributed by atoms with van der Waals surface area (Å²) in [6, 6.07) is 0. The van der Waals surface area contributed by atoms with Gasteiger partial charge in [-0.1, -0.05) is 6.92 Å². The molecule has 1 fully saturated rings. The predicted octanol–water partition coefficient (Wildman–Crippen LogP) is 2.37. The zero-order valence-corrected chi connectivity index (χ0v) is 13.3. The van der Waals surface area contributed by atoms with Crippen LogP contribution in [0.4, 0.5) is 13.2 Å². The summed E-state index contributed by atoms with van der Waals surface area (Å²) in [5.74, 6) is 0.0452. The van der Waals surface area contributed by atoms with E-state index in [1.807, 2.05) is 0 Å². The van der Waals surface area contributed by atoms with Crippen LogP contribution in [0.3, 0.4) is 0 Å². The summed E-state index contributed by atoms with van der Waals surface area (Å²) >= 11 is 0. The monoisotopic (exact) mass is 330 g/mol. The first-order valence-electron chi connectivity index (χ1n) is 7.50. The molecule has 21 heavy (non-hydrogen) atoms. The Kier molecular flexibility index (Phi) is 7.42. The summed E-state index contributed by atoms with van der Waals surface area (Å²) < 4.78 is 61.5. The molecule has 0 aromatic carbocycles. The van der Waals surface area contributed by atoms with E-state index >= 15 is 0 Å². The van der Waals surface area contributed by atoms with Crippen LogP contribution in [-0.2, 0) is 10.0 Å². The Hall–Kier alpha value is -0.340. The number of sulfonamides is 1. The number of hydrogen-bond donors (Lipinski definition) is 1. The average molecular weight is 330 g/mol. The van der Waals surface area contributed by atoms with Crippen molar-refractivity contribution >= 4 is 10.0 Å². The van der Waals surface area contributed by atoms with Gasteiger partial charge in [-0.25, -0.2) is 12.7 Å². The molecule has 1 N–H and O–H groups in total. The summed E-state index contributed by atoms with van der Waals surface area (Å²) in [4.78, 5) is 0. The molecule has 1 rings (SSSR count). The highest BCUT2D eigenvalue weighted by Gasteiger charge is 2.31. The van der Waals surface area contributed by atoms with E-state index in [9.17, 15) is 21.6 Å². The van der Waals surface area contributed by atoms with Crippen molar-refractivity contribution in [1.29, 1.82) is 0 Å². The van der Waals surface area contributed by atoms with Crippen LogP contribution in [-0.4, -0.2) is 50.8 Å². The van der Waals surface area contributed by atoms with E-state index in [4.69, 9.17) is 0 Å². The van der Waals surface area contributed by atoms with Crippen LogP contribution >= 0.6 is 0 Å². The Balaban J connectivity index is 2.31. The first-order valence-corrected chi connectivity index (χ1v) is 9.11. The summed E-state index contributed by atoms with van der Waals surface area (Å²) in [6.45, 7) is 4.77. The summed E-state index contributed by atoms with van der Waals surface area (Å²) in [5, 5.41) is 3.32. The van der Waals surface area contributed by atoms with Gasteiger partial charge in [0.25, 0.3) is 0 Å². The predicted molar refractivity (Wildman–Crippen MR) is 76.5 cm³/mol. The first-order chi connectivity index (χ1) is 9.74. The largest absolute Gasteiger partial charge is 0.389 e. The molecule has 1 aliphatic heterocycles. The first kappa shape index (κ1) is 18.7. The van der Waals surface area contributed by atoms with E-state index in [0.717, 1.165) is 32.4 Å². The molecule has 0 unspecified atom stereocenters. The van der Waals surface area contributed by atoms with Crippen molar-refractivity contribution in [3.63, 3.8) is 0 Å². The van der Waals surface area contributed by atoms with Crippen LogP contribution in [0, 0.1) is 5.92 Å². The second-order valence-electron chi connectivity index (χ2n) is 5.58. The van der Waals surface area contributed by atoms with Crippen LogP contribution in [0.2, 0.25) is 0 Å².